The molecule has 0 aliphatic heterocycles. The van der Waals surface area contributed by atoms with E-state index in [2.05, 4.69) is 117 Å². The molecule has 10 heteroatoms. The molecule has 3 unspecified atom stereocenters. The Balaban J connectivity index is 5.35. The van der Waals surface area contributed by atoms with Crippen molar-refractivity contribution in [2.75, 3.05) is 40.9 Å². The molecular formula is C61H105N2O7P. The first-order chi connectivity index (χ1) is 34.4. The van der Waals surface area contributed by atoms with E-state index in [9.17, 15) is 19.0 Å². The van der Waals surface area contributed by atoms with Crippen molar-refractivity contribution in [1.82, 2.24) is 5.32 Å². The summed E-state index contributed by atoms with van der Waals surface area (Å²) < 4.78 is 30.2. The van der Waals surface area contributed by atoms with E-state index in [0.717, 1.165) is 122 Å². The summed E-state index contributed by atoms with van der Waals surface area (Å²) in [5.41, 5.74) is 0. The van der Waals surface area contributed by atoms with Crippen LogP contribution in [0.3, 0.4) is 0 Å². The van der Waals surface area contributed by atoms with Crippen molar-refractivity contribution in [3.05, 3.63) is 109 Å². The number of hydrogen-bond donors (Lipinski definition) is 1. The van der Waals surface area contributed by atoms with Crippen molar-refractivity contribution in [3.63, 3.8) is 0 Å². The topological polar surface area (TPSA) is 114 Å². The van der Waals surface area contributed by atoms with Crippen LogP contribution in [0.4, 0.5) is 0 Å². The molecule has 406 valence electrons. The van der Waals surface area contributed by atoms with Crippen LogP contribution in [0, 0.1) is 0 Å². The standard InChI is InChI=1S/C61H105N2O7P/c1-7-10-13-16-19-22-25-27-28-29-30-31-32-33-34-36-39-42-45-48-51-54-61(65)70-59(52-49-46-43-40-37-24-21-18-15-12-9-3)58(57-69-71(66,67)68-56-55-63(4,5)6)62-60(64)53-50-47-44-41-38-35-26-23-20-17-14-11-8-2/h10-11,13-14,17,19-20,22-23,26-28,30-31,33-34,49,52,58-59H,7-9,12,15-16,18,21,24-25,29,32,35-48,50-51,53-57H2,1-6H3,(H-,62,64,66,67)/b13-10-,14-11+,20-17+,22-19-,26-23-,28-27-,31-30-,34-33-,52-49-. The van der Waals surface area contributed by atoms with Gasteiger partial charge in [0.25, 0.3) is 7.82 Å². The Morgan fingerprint density at radius 1 is 0.521 bits per heavy atom. The van der Waals surface area contributed by atoms with Gasteiger partial charge in [0.1, 0.15) is 19.3 Å². The molecule has 0 spiro atoms. The number of rotatable bonds is 49. The Bertz CT molecular complexity index is 1580. The number of phosphoric acid groups is 1. The fourth-order valence-electron chi connectivity index (χ4n) is 7.43. The third kappa shape index (κ3) is 51.4. The lowest BCUT2D eigenvalue weighted by atomic mass is 10.1. The lowest BCUT2D eigenvalue weighted by molar-refractivity contribution is -0.870. The molecule has 3 atom stereocenters. The van der Waals surface area contributed by atoms with Gasteiger partial charge in [-0.15, -0.1) is 0 Å². The molecule has 0 rings (SSSR count). The minimum atomic E-state index is -4.71. The van der Waals surface area contributed by atoms with Gasteiger partial charge in [-0.1, -0.05) is 214 Å². The average molecular weight is 1010 g/mol. The van der Waals surface area contributed by atoms with E-state index in [1.165, 1.54) is 44.9 Å². The molecule has 0 aliphatic carbocycles. The number of amides is 1. The lowest BCUT2D eigenvalue weighted by Gasteiger charge is -2.30. The van der Waals surface area contributed by atoms with E-state index in [1.54, 1.807) is 0 Å². The van der Waals surface area contributed by atoms with Gasteiger partial charge in [-0.3, -0.25) is 14.2 Å². The highest BCUT2D eigenvalue weighted by molar-refractivity contribution is 7.45. The zero-order valence-corrected chi connectivity index (χ0v) is 47.0. The normalized spacial score (nSPS) is 14.6. The Morgan fingerprint density at radius 3 is 1.51 bits per heavy atom. The van der Waals surface area contributed by atoms with E-state index < -0.39 is 26.6 Å². The van der Waals surface area contributed by atoms with Gasteiger partial charge < -0.3 is 28.5 Å². The van der Waals surface area contributed by atoms with Crippen molar-refractivity contribution in [3.8, 4) is 0 Å². The van der Waals surface area contributed by atoms with E-state index >= 15 is 0 Å². The maximum absolute atomic E-state index is 13.4. The van der Waals surface area contributed by atoms with E-state index in [0.29, 0.717) is 23.9 Å². The third-order valence-corrected chi connectivity index (χ3v) is 12.7. The number of ether oxygens (including phenoxy) is 1. The second-order valence-electron chi connectivity index (χ2n) is 19.7. The fourth-order valence-corrected chi connectivity index (χ4v) is 8.15. The molecule has 0 aromatic rings. The Kier molecular flexibility index (Phi) is 47.9. The van der Waals surface area contributed by atoms with Crippen LogP contribution in [0.1, 0.15) is 213 Å². The van der Waals surface area contributed by atoms with Crippen molar-refractivity contribution in [2.24, 2.45) is 0 Å². The lowest BCUT2D eigenvalue weighted by Crippen LogP contribution is -2.47. The molecule has 1 amide bonds. The van der Waals surface area contributed by atoms with Crippen LogP contribution in [-0.2, 0) is 27.9 Å². The highest BCUT2D eigenvalue weighted by Gasteiger charge is 2.27. The van der Waals surface area contributed by atoms with Crippen molar-refractivity contribution < 1.29 is 37.3 Å². The smallest absolute Gasteiger partial charge is 0.306 e. The van der Waals surface area contributed by atoms with Crippen LogP contribution in [0.25, 0.3) is 0 Å². The van der Waals surface area contributed by atoms with Crippen LogP contribution in [0.15, 0.2) is 109 Å². The van der Waals surface area contributed by atoms with Gasteiger partial charge in [0.05, 0.1) is 33.8 Å². The summed E-state index contributed by atoms with van der Waals surface area (Å²) in [5, 5.41) is 2.99. The maximum atomic E-state index is 13.4. The second-order valence-corrected chi connectivity index (χ2v) is 21.1. The number of quaternary nitrogens is 1. The van der Waals surface area contributed by atoms with E-state index in [4.69, 9.17) is 13.8 Å². The van der Waals surface area contributed by atoms with Crippen LogP contribution in [-0.4, -0.2) is 69.4 Å². The third-order valence-electron chi connectivity index (χ3n) is 11.8. The molecule has 0 saturated carbocycles. The first kappa shape index (κ1) is 67.7. The Morgan fingerprint density at radius 2 is 0.972 bits per heavy atom. The SMILES string of the molecule is CC/C=C\C/C=C\C/C=C\C/C=C\C/C=C\CCCCCCCC(=O)OC(/C=C\CCCCCCCCCCC)C(COP(=O)([O-])OCC[N+](C)(C)C)NC(=O)CCCCCCC\C=C/C=C/C=C/CC. The van der Waals surface area contributed by atoms with Crippen molar-refractivity contribution in [2.45, 2.75) is 226 Å². The van der Waals surface area contributed by atoms with Gasteiger partial charge in [-0.25, -0.2) is 0 Å². The number of likely N-dealkylation sites (N-methyl/N-ethyl adjacent to an activating group) is 1. The molecule has 0 bridgehead atoms. The van der Waals surface area contributed by atoms with Crippen molar-refractivity contribution in [1.29, 1.82) is 0 Å². The van der Waals surface area contributed by atoms with Gasteiger partial charge in [-0.2, -0.15) is 0 Å². The summed E-state index contributed by atoms with van der Waals surface area (Å²) in [6, 6.07) is -0.913. The largest absolute Gasteiger partial charge is 0.756 e. The number of unbranched alkanes of at least 4 members (excludes halogenated alkanes) is 19. The summed E-state index contributed by atoms with van der Waals surface area (Å²) in [6.45, 7) is 6.53. The van der Waals surface area contributed by atoms with E-state index in [1.807, 2.05) is 39.4 Å². The van der Waals surface area contributed by atoms with Crippen LogP contribution < -0.4 is 10.2 Å². The van der Waals surface area contributed by atoms with Gasteiger partial charge >= 0.3 is 5.97 Å². The molecule has 0 aromatic heterocycles. The van der Waals surface area contributed by atoms with Gasteiger partial charge in [0, 0.05) is 12.8 Å². The number of nitrogens with one attached hydrogen (secondary N) is 1. The molecule has 0 radical (unpaired) electrons. The molecule has 0 heterocycles. The molecule has 1 N–H and O–H groups in total. The molecule has 0 aromatic carbocycles. The van der Waals surface area contributed by atoms with Crippen LogP contribution in [0.5, 0.6) is 0 Å². The van der Waals surface area contributed by atoms with Crippen molar-refractivity contribution >= 4 is 19.7 Å². The number of esters is 1. The number of carbonyl (C=O) groups excluding carboxylic acids is 2. The highest BCUT2D eigenvalue weighted by Crippen LogP contribution is 2.38. The quantitative estimate of drug-likeness (QED) is 0.0161. The van der Waals surface area contributed by atoms with Crippen LogP contribution >= 0.6 is 7.82 Å². The molecule has 0 aliphatic rings. The number of hydrogen-bond acceptors (Lipinski definition) is 7. The van der Waals surface area contributed by atoms with E-state index in [-0.39, 0.29) is 31.3 Å². The number of carbonyl (C=O) groups is 2. The summed E-state index contributed by atoms with van der Waals surface area (Å²) in [7, 11) is 1.14. The summed E-state index contributed by atoms with van der Waals surface area (Å²) in [5.74, 6) is -0.598. The fraction of sp³-hybridized carbons (Fsp3) is 0.672. The minimum absolute atomic E-state index is 0.0360. The zero-order valence-electron chi connectivity index (χ0n) is 46.1. The second kappa shape index (κ2) is 50.2. The first-order valence-corrected chi connectivity index (χ1v) is 29.7. The maximum Gasteiger partial charge on any atom is 0.306 e. The average Bonchev–Trinajstić information content (AvgIpc) is 3.33. The molecule has 71 heavy (non-hydrogen) atoms. The zero-order chi connectivity index (χ0) is 52.2. The molecule has 9 nitrogen and oxygen atoms in total. The summed E-state index contributed by atoms with van der Waals surface area (Å²) in [6.07, 6.45) is 67.7. The molecule has 0 saturated heterocycles. The summed E-state index contributed by atoms with van der Waals surface area (Å²) in [4.78, 5) is 39.8. The predicted octanol–water partition coefficient (Wildman–Crippen LogP) is 16.4. The first-order valence-electron chi connectivity index (χ1n) is 28.2. The van der Waals surface area contributed by atoms with Crippen LogP contribution in [0.2, 0.25) is 0 Å². The number of allylic oxidation sites excluding steroid dienone is 17. The minimum Gasteiger partial charge on any atom is -0.756 e. The highest BCUT2D eigenvalue weighted by atomic mass is 31.2. The Labute approximate surface area is 436 Å². The predicted molar refractivity (Wildman–Crippen MR) is 302 cm³/mol. The monoisotopic (exact) mass is 1010 g/mol. The van der Waals surface area contributed by atoms with Gasteiger partial charge in [-0.05, 0) is 96.0 Å². The number of nitrogens with zero attached hydrogens (tertiary/aromatic N) is 1. The van der Waals surface area contributed by atoms with Gasteiger partial charge in [0.2, 0.25) is 5.91 Å². The summed E-state index contributed by atoms with van der Waals surface area (Å²) >= 11 is 0. The molecular weight excluding hydrogens is 904 g/mol. The molecule has 0 fully saturated rings. The van der Waals surface area contributed by atoms with Gasteiger partial charge in [0.15, 0.2) is 0 Å². The number of phosphoric ester groups is 1. The Hall–Kier alpha value is -3.33.